The van der Waals surface area contributed by atoms with Crippen molar-refractivity contribution in [3.8, 4) is 11.3 Å². The van der Waals surface area contributed by atoms with Crippen molar-refractivity contribution in [2.45, 2.75) is 40.0 Å². The number of anilines is 2. The Balaban J connectivity index is 1.73. The van der Waals surface area contributed by atoms with Crippen LogP contribution in [0.15, 0.2) is 42.5 Å². The van der Waals surface area contributed by atoms with Crippen LogP contribution in [0, 0.1) is 24.5 Å². The van der Waals surface area contributed by atoms with Crippen LogP contribution >= 0.6 is 0 Å². The molecule has 4 rings (SSSR count). The molecule has 1 aliphatic heterocycles. The maximum Gasteiger partial charge on any atom is 0.252 e. The second-order valence-corrected chi connectivity index (χ2v) is 8.45. The van der Waals surface area contributed by atoms with Crippen molar-refractivity contribution >= 4 is 17.4 Å². The molecule has 1 atom stereocenters. The number of imidazole rings is 1. The Labute approximate surface area is 185 Å². The smallest absolute Gasteiger partial charge is 0.252 e. The number of hydrogen-bond donors (Lipinski definition) is 2. The van der Waals surface area contributed by atoms with Gasteiger partial charge in [0.2, 0.25) is 0 Å². The molecule has 32 heavy (non-hydrogen) atoms. The first kappa shape index (κ1) is 22.0. The highest BCUT2D eigenvalue weighted by atomic mass is 19.2. The van der Waals surface area contributed by atoms with E-state index < -0.39 is 17.7 Å². The number of rotatable bonds is 5. The Hall–Kier alpha value is -3.26. The van der Waals surface area contributed by atoms with E-state index in [4.69, 9.17) is 0 Å². The molecule has 0 saturated heterocycles. The van der Waals surface area contributed by atoms with Gasteiger partial charge in [-0.25, -0.2) is 13.8 Å². The van der Waals surface area contributed by atoms with E-state index in [9.17, 15) is 18.7 Å². The largest absolute Gasteiger partial charge is 0.383 e. The molecule has 2 aromatic carbocycles. The summed E-state index contributed by atoms with van der Waals surface area (Å²) < 4.78 is 29.4. The zero-order valence-electron chi connectivity index (χ0n) is 18.3. The van der Waals surface area contributed by atoms with Gasteiger partial charge in [-0.2, -0.15) is 0 Å². The van der Waals surface area contributed by atoms with Gasteiger partial charge in [0.1, 0.15) is 23.4 Å². The highest BCUT2D eigenvalue weighted by Gasteiger charge is 2.31. The number of halogens is 2. The maximum atomic E-state index is 14.0. The molecule has 1 aromatic heterocycles. The SMILES string of the molecule is Cc1ccc(Nc2c(-c3ccc(F)c(F)c3)nc3n2CCN(C(=O)C(O)C(C)C)C3)cc1. The first-order valence-electron chi connectivity index (χ1n) is 10.6. The Bertz CT molecular complexity index is 1140. The van der Waals surface area contributed by atoms with E-state index in [1.54, 1.807) is 18.7 Å². The molecule has 0 aliphatic carbocycles. The van der Waals surface area contributed by atoms with Gasteiger partial charge in [0, 0.05) is 24.3 Å². The van der Waals surface area contributed by atoms with Crippen LogP contribution in [-0.4, -0.2) is 38.1 Å². The number of hydrogen-bond acceptors (Lipinski definition) is 4. The predicted molar refractivity (Wildman–Crippen MR) is 118 cm³/mol. The lowest BCUT2D eigenvalue weighted by molar-refractivity contribution is -0.144. The van der Waals surface area contributed by atoms with Crippen molar-refractivity contribution in [2.24, 2.45) is 5.92 Å². The molecular weight excluding hydrogens is 414 g/mol. The van der Waals surface area contributed by atoms with Gasteiger partial charge in [-0.05, 0) is 43.2 Å². The van der Waals surface area contributed by atoms with Crippen molar-refractivity contribution in [3.05, 3.63) is 65.5 Å². The molecule has 2 N–H and O–H groups in total. The highest BCUT2D eigenvalue weighted by Crippen LogP contribution is 2.34. The third-order valence-corrected chi connectivity index (χ3v) is 5.68. The van der Waals surface area contributed by atoms with Gasteiger partial charge in [0.25, 0.3) is 5.91 Å². The van der Waals surface area contributed by atoms with Crippen LogP contribution in [-0.2, 0) is 17.9 Å². The van der Waals surface area contributed by atoms with Gasteiger partial charge in [0.15, 0.2) is 11.6 Å². The molecule has 0 spiro atoms. The fourth-order valence-electron chi connectivity index (χ4n) is 3.74. The minimum atomic E-state index is -1.08. The van der Waals surface area contributed by atoms with Crippen LogP contribution in [0.1, 0.15) is 25.2 Å². The number of aliphatic hydroxyl groups is 1. The molecule has 0 radical (unpaired) electrons. The summed E-state index contributed by atoms with van der Waals surface area (Å²) in [5.41, 5.74) is 2.85. The van der Waals surface area contributed by atoms with Crippen molar-refractivity contribution in [1.29, 1.82) is 0 Å². The van der Waals surface area contributed by atoms with Crippen LogP contribution in [0.25, 0.3) is 11.3 Å². The number of aromatic nitrogens is 2. The first-order chi connectivity index (χ1) is 15.2. The highest BCUT2D eigenvalue weighted by molar-refractivity contribution is 5.81. The Morgan fingerprint density at radius 3 is 2.47 bits per heavy atom. The maximum absolute atomic E-state index is 14.0. The number of fused-ring (bicyclic) bond motifs is 1. The van der Waals surface area contributed by atoms with Gasteiger partial charge in [-0.3, -0.25) is 4.79 Å². The zero-order valence-corrected chi connectivity index (χ0v) is 18.3. The Morgan fingerprint density at radius 2 is 1.81 bits per heavy atom. The van der Waals surface area contributed by atoms with Crippen molar-refractivity contribution in [3.63, 3.8) is 0 Å². The summed E-state index contributed by atoms with van der Waals surface area (Å²) in [5, 5.41) is 13.6. The van der Waals surface area contributed by atoms with E-state index in [0.29, 0.717) is 36.0 Å². The number of aliphatic hydroxyl groups excluding tert-OH is 1. The molecule has 0 fully saturated rings. The third-order valence-electron chi connectivity index (χ3n) is 5.68. The van der Waals surface area contributed by atoms with Gasteiger partial charge in [-0.15, -0.1) is 0 Å². The lowest BCUT2D eigenvalue weighted by Gasteiger charge is -2.31. The molecule has 0 saturated carbocycles. The van der Waals surface area contributed by atoms with Crippen LogP contribution < -0.4 is 5.32 Å². The van der Waals surface area contributed by atoms with Crippen molar-refractivity contribution in [1.82, 2.24) is 14.5 Å². The number of amides is 1. The minimum Gasteiger partial charge on any atom is -0.383 e. The molecule has 1 unspecified atom stereocenters. The molecular formula is C24H26F2N4O2. The summed E-state index contributed by atoms with van der Waals surface area (Å²) in [6, 6.07) is 11.5. The molecule has 6 nitrogen and oxygen atoms in total. The Kier molecular flexibility index (Phi) is 5.97. The minimum absolute atomic E-state index is 0.194. The first-order valence-corrected chi connectivity index (χ1v) is 10.6. The van der Waals surface area contributed by atoms with E-state index in [2.05, 4.69) is 10.3 Å². The second kappa shape index (κ2) is 8.70. The van der Waals surface area contributed by atoms with Crippen LogP contribution in [0.2, 0.25) is 0 Å². The summed E-state index contributed by atoms with van der Waals surface area (Å²) in [5.74, 6) is -1.16. The van der Waals surface area contributed by atoms with E-state index >= 15 is 0 Å². The van der Waals surface area contributed by atoms with E-state index in [1.165, 1.54) is 6.07 Å². The van der Waals surface area contributed by atoms with Crippen LogP contribution in [0.5, 0.6) is 0 Å². The lowest BCUT2D eigenvalue weighted by atomic mass is 10.1. The summed E-state index contributed by atoms with van der Waals surface area (Å²) >= 11 is 0. The number of nitrogens with one attached hydrogen (secondary N) is 1. The quantitative estimate of drug-likeness (QED) is 0.623. The van der Waals surface area contributed by atoms with E-state index in [1.807, 2.05) is 35.8 Å². The van der Waals surface area contributed by atoms with Gasteiger partial charge in [0.05, 0.1) is 6.54 Å². The lowest BCUT2D eigenvalue weighted by Crippen LogP contribution is -2.45. The molecule has 3 aromatic rings. The monoisotopic (exact) mass is 440 g/mol. The van der Waals surface area contributed by atoms with Crippen molar-refractivity contribution in [2.75, 3.05) is 11.9 Å². The van der Waals surface area contributed by atoms with Gasteiger partial charge in [-0.1, -0.05) is 31.5 Å². The fourth-order valence-corrected chi connectivity index (χ4v) is 3.74. The van der Waals surface area contributed by atoms with Gasteiger partial charge >= 0.3 is 0 Å². The average Bonchev–Trinajstić information content (AvgIpc) is 3.13. The van der Waals surface area contributed by atoms with Gasteiger partial charge < -0.3 is 19.9 Å². The zero-order chi connectivity index (χ0) is 23.0. The topological polar surface area (TPSA) is 70.4 Å². The molecule has 1 amide bonds. The summed E-state index contributed by atoms with van der Waals surface area (Å²) in [4.78, 5) is 18.9. The molecule has 168 valence electrons. The second-order valence-electron chi connectivity index (χ2n) is 8.45. The van der Waals surface area contributed by atoms with Crippen LogP contribution in [0.4, 0.5) is 20.3 Å². The summed E-state index contributed by atoms with van der Waals surface area (Å²) in [6.45, 7) is 6.66. The standard InChI is InChI=1S/C24H26F2N4O2/c1-14(2)22(31)24(32)29-10-11-30-20(13-29)28-21(16-6-9-18(25)19(26)12-16)23(30)27-17-7-4-15(3)5-8-17/h4-9,12,14,22,27,31H,10-11,13H2,1-3H3. The Morgan fingerprint density at radius 1 is 1.09 bits per heavy atom. The number of carbonyl (C=O) groups excluding carboxylic acids is 1. The van der Waals surface area contributed by atoms with Crippen molar-refractivity contribution < 1.29 is 18.7 Å². The number of aryl methyl sites for hydroxylation is 1. The van der Waals surface area contributed by atoms with E-state index in [0.717, 1.165) is 23.4 Å². The summed E-state index contributed by atoms with van der Waals surface area (Å²) in [6.07, 6.45) is -1.08. The predicted octanol–water partition coefficient (Wildman–Crippen LogP) is 4.24. The number of nitrogens with zero attached hydrogens (tertiary/aromatic N) is 3. The van der Waals surface area contributed by atoms with E-state index in [-0.39, 0.29) is 18.4 Å². The average molecular weight is 440 g/mol. The van der Waals surface area contributed by atoms with Crippen LogP contribution in [0.3, 0.4) is 0 Å². The summed E-state index contributed by atoms with van der Waals surface area (Å²) in [7, 11) is 0. The fraction of sp³-hybridized carbons (Fsp3) is 0.333. The number of benzene rings is 2. The molecule has 1 aliphatic rings. The molecule has 2 heterocycles. The molecule has 8 heteroatoms. The molecule has 0 bridgehead atoms. The normalized spacial score (nSPS) is 14.4. The number of carbonyl (C=O) groups is 1. The third kappa shape index (κ3) is 4.23.